The molecular formula is C25H30N2O4. The van der Waals surface area contributed by atoms with E-state index < -0.39 is 0 Å². The van der Waals surface area contributed by atoms with Crippen LogP contribution in [0, 0.1) is 5.92 Å². The Morgan fingerprint density at radius 2 is 1.90 bits per heavy atom. The van der Waals surface area contributed by atoms with Crippen molar-refractivity contribution >= 4 is 17.5 Å². The van der Waals surface area contributed by atoms with E-state index in [0.717, 1.165) is 25.0 Å². The summed E-state index contributed by atoms with van der Waals surface area (Å²) < 4.78 is 11.7. The summed E-state index contributed by atoms with van der Waals surface area (Å²) in [6.07, 6.45) is 2.41. The van der Waals surface area contributed by atoms with Crippen molar-refractivity contribution in [2.75, 3.05) is 32.1 Å². The number of rotatable bonds is 4. The van der Waals surface area contributed by atoms with Gasteiger partial charge in [0.15, 0.2) is 0 Å². The summed E-state index contributed by atoms with van der Waals surface area (Å²) in [5.74, 6) is 0.680. The second kappa shape index (κ2) is 8.71. The Balaban J connectivity index is 1.46. The number of amides is 2. The molecule has 1 fully saturated rings. The first-order valence-corrected chi connectivity index (χ1v) is 10.9. The molecule has 2 heterocycles. The monoisotopic (exact) mass is 422 g/mol. The molecule has 0 atom stereocenters. The van der Waals surface area contributed by atoms with Gasteiger partial charge in [-0.2, -0.15) is 0 Å². The molecule has 6 heteroatoms. The van der Waals surface area contributed by atoms with Crippen molar-refractivity contribution in [3.63, 3.8) is 0 Å². The SMILES string of the molecule is COc1ccc2c(c1)CCOC21CCN(C(=O)c2cccc(NC(=O)C(C)C)c2)CC1. The summed E-state index contributed by atoms with van der Waals surface area (Å²) in [6, 6.07) is 13.4. The molecule has 4 rings (SSSR count). The van der Waals surface area contributed by atoms with Crippen LogP contribution in [0.5, 0.6) is 5.75 Å². The average Bonchev–Trinajstić information content (AvgIpc) is 2.79. The number of likely N-dealkylation sites (tertiary alicyclic amines) is 1. The van der Waals surface area contributed by atoms with E-state index in [0.29, 0.717) is 30.9 Å². The summed E-state index contributed by atoms with van der Waals surface area (Å²) in [4.78, 5) is 27.0. The molecule has 1 spiro atoms. The lowest BCUT2D eigenvalue weighted by atomic mass is 9.79. The van der Waals surface area contributed by atoms with Crippen LogP contribution in [0.15, 0.2) is 42.5 Å². The topological polar surface area (TPSA) is 67.9 Å². The molecule has 1 N–H and O–H groups in total. The maximum Gasteiger partial charge on any atom is 0.253 e. The van der Waals surface area contributed by atoms with Crippen LogP contribution >= 0.6 is 0 Å². The predicted octanol–water partition coefficient (Wildman–Crippen LogP) is 3.99. The summed E-state index contributed by atoms with van der Waals surface area (Å²) in [6.45, 7) is 5.64. The van der Waals surface area contributed by atoms with Gasteiger partial charge in [0.1, 0.15) is 5.75 Å². The van der Waals surface area contributed by atoms with Gasteiger partial charge in [-0.05, 0) is 60.7 Å². The fourth-order valence-electron chi connectivity index (χ4n) is 4.47. The van der Waals surface area contributed by atoms with Crippen LogP contribution < -0.4 is 10.1 Å². The predicted molar refractivity (Wildman–Crippen MR) is 119 cm³/mol. The van der Waals surface area contributed by atoms with Crippen LogP contribution in [0.4, 0.5) is 5.69 Å². The molecule has 2 aromatic carbocycles. The maximum atomic E-state index is 13.1. The highest BCUT2D eigenvalue weighted by atomic mass is 16.5. The van der Waals surface area contributed by atoms with Crippen molar-refractivity contribution < 1.29 is 19.1 Å². The van der Waals surface area contributed by atoms with Gasteiger partial charge in [-0.25, -0.2) is 0 Å². The Labute approximate surface area is 183 Å². The molecule has 2 aliphatic heterocycles. The third kappa shape index (κ3) is 4.30. The van der Waals surface area contributed by atoms with Crippen molar-refractivity contribution in [2.24, 2.45) is 5.92 Å². The number of carbonyl (C=O) groups is 2. The van der Waals surface area contributed by atoms with Crippen LogP contribution in [0.1, 0.15) is 48.2 Å². The quantitative estimate of drug-likeness (QED) is 0.809. The minimum Gasteiger partial charge on any atom is -0.497 e. The van der Waals surface area contributed by atoms with Crippen LogP contribution in [-0.2, 0) is 21.6 Å². The van der Waals surface area contributed by atoms with E-state index in [2.05, 4.69) is 17.4 Å². The fourth-order valence-corrected chi connectivity index (χ4v) is 4.47. The summed E-state index contributed by atoms with van der Waals surface area (Å²) in [7, 11) is 1.68. The van der Waals surface area contributed by atoms with Gasteiger partial charge < -0.3 is 19.7 Å². The van der Waals surface area contributed by atoms with E-state index in [4.69, 9.17) is 9.47 Å². The molecule has 0 saturated carbocycles. The second-order valence-corrected chi connectivity index (χ2v) is 8.63. The van der Waals surface area contributed by atoms with E-state index in [1.165, 1.54) is 11.1 Å². The molecular weight excluding hydrogens is 392 g/mol. The Kier molecular flexibility index (Phi) is 6.01. The first-order valence-electron chi connectivity index (χ1n) is 10.9. The zero-order chi connectivity index (χ0) is 22.0. The normalized spacial score (nSPS) is 17.4. The Hall–Kier alpha value is -2.86. The van der Waals surface area contributed by atoms with Gasteiger partial charge >= 0.3 is 0 Å². The van der Waals surface area contributed by atoms with Crippen molar-refractivity contribution in [3.8, 4) is 5.75 Å². The van der Waals surface area contributed by atoms with E-state index >= 15 is 0 Å². The number of fused-ring (bicyclic) bond motifs is 2. The van der Waals surface area contributed by atoms with E-state index in [1.54, 1.807) is 19.2 Å². The number of hydrogen-bond donors (Lipinski definition) is 1. The molecule has 1 saturated heterocycles. The van der Waals surface area contributed by atoms with Gasteiger partial charge in [-0.3, -0.25) is 9.59 Å². The third-order valence-corrected chi connectivity index (χ3v) is 6.31. The molecule has 0 aliphatic carbocycles. The molecule has 2 aromatic rings. The number of ether oxygens (including phenoxy) is 2. The molecule has 6 nitrogen and oxygen atoms in total. The standard InChI is InChI=1S/C25H30N2O4/c1-17(2)23(28)26-20-6-4-5-19(15-20)24(29)27-12-10-25(11-13-27)22-8-7-21(30-3)16-18(22)9-14-31-25/h4-8,15-17H,9-14H2,1-3H3,(H,26,28). The fraction of sp³-hybridized carbons (Fsp3) is 0.440. The number of nitrogens with zero attached hydrogens (tertiary/aromatic N) is 1. The summed E-state index contributed by atoms with van der Waals surface area (Å²) in [5, 5.41) is 2.87. The van der Waals surface area contributed by atoms with Gasteiger partial charge in [-0.15, -0.1) is 0 Å². The van der Waals surface area contributed by atoms with Gasteiger partial charge in [0, 0.05) is 30.3 Å². The number of methoxy groups -OCH3 is 1. The lowest BCUT2D eigenvalue weighted by Crippen LogP contribution is -2.48. The molecule has 0 aromatic heterocycles. The first-order chi connectivity index (χ1) is 14.9. The number of carbonyl (C=O) groups excluding carboxylic acids is 2. The summed E-state index contributed by atoms with van der Waals surface area (Å²) in [5.41, 5.74) is 3.41. The van der Waals surface area contributed by atoms with Crippen molar-refractivity contribution in [1.29, 1.82) is 0 Å². The first kappa shape index (κ1) is 21.4. The number of benzene rings is 2. The highest BCUT2D eigenvalue weighted by Gasteiger charge is 2.41. The second-order valence-electron chi connectivity index (χ2n) is 8.63. The Morgan fingerprint density at radius 1 is 1.13 bits per heavy atom. The van der Waals surface area contributed by atoms with Gasteiger partial charge in [0.25, 0.3) is 5.91 Å². The highest BCUT2D eigenvalue weighted by Crippen LogP contribution is 2.42. The zero-order valence-corrected chi connectivity index (χ0v) is 18.4. The third-order valence-electron chi connectivity index (χ3n) is 6.31. The minimum absolute atomic E-state index is 0.0127. The highest BCUT2D eigenvalue weighted by molar-refractivity contribution is 5.97. The Morgan fingerprint density at radius 3 is 2.61 bits per heavy atom. The van der Waals surface area contributed by atoms with Gasteiger partial charge in [-0.1, -0.05) is 26.0 Å². The number of piperidine rings is 1. The minimum atomic E-state index is -0.330. The average molecular weight is 423 g/mol. The van der Waals surface area contributed by atoms with Crippen molar-refractivity contribution in [1.82, 2.24) is 4.90 Å². The molecule has 0 unspecified atom stereocenters. The molecule has 164 valence electrons. The zero-order valence-electron chi connectivity index (χ0n) is 18.4. The van der Waals surface area contributed by atoms with Crippen LogP contribution in [-0.4, -0.2) is 43.5 Å². The molecule has 2 aliphatic rings. The van der Waals surface area contributed by atoms with E-state index in [-0.39, 0.29) is 23.3 Å². The van der Waals surface area contributed by atoms with Crippen LogP contribution in [0.3, 0.4) is 0 Å². The smallest absolute Gasteiger partial charge is 0.253 e. The lowest BCUT2D eigenvalue weighted by Gasteiger charge is -2.45. The van der Waals surface area contributed by atoms with Crippen LogP contribution in [0.25, 0.3) is 0 Å². The number of nitrogens with one attached hydrogen (secondary N) is 1. The van der Waals surface area contributed by atoms with Gasteiger partial charge in [0.05, 0.1) is 19.3 Å². The summed E-state index contributed by atoms with van der Waals surface area (Å²) >= 11 is 0. The van der Waals surface area contributed by atoms with Crippen molar-refractivity contribution in [2.45, 2.75) is 38.7 Å². The molecule has 2 amide bonds. The lowest BCUT2D eigenvalue weighted by molar-refractivity contribution is -0.118. The number of anilines is 1. The van der Waals surface area contributed by atoms with Crippen LogP contribution in [0.2, 0.25) is 0 Å². The molecule has 0 radical (unpaired) electrons. The maximum absolute atomic E-state index is 13.1. The largest absolute Gasteiger partial charge is 0.497 e. The van der Waals surface area contributed by atoms with Crippen molar-refractivity contribution in [3.05, 3.63) is 59.2 Å². The van der Waals surface area contributed by atoms with E-state index in [1.807, 2.05) is 36.9 Å². The Bertz CT molecular complexity index is 977. The molecule has 31 heavy (non-hydrogen) atoms. The van der Waals surface area contributed by atoms with Gasteiger partial charge in [0.2, 0.25) is 5.91 Å². The van der Waals surface area contributed by atoms with E-state index in [9.17, 15) is 9.59 Å². The molecule has 0 bridgehead atoms. The number of hydrogen-bond acceptors (Lipinski definition) is 4.